The van der Waals surface area contributed by atoms with Crippen LogP contribution in [0.15, 0.2) is 12.1 Å². The maximum Gasteiger partial charge on any atom is 0.328 e. The Kier molecular flexibility index (Phi) is 6.26. The highest BCUT2D eigenvalue weighted by molar-refractivity contribution is 6.16. The number of carbonyl (C=O) groups excluding carboxylic acids is 3. The van der Waals surface area contributed by atoms with Gasteiger partial charge >= 0.3 is 6.03 Å². The van der Waals surface area contributed by atoms with E-state index in [1.165, 1.54) is 6.92 Å². The first-order valence-electron chi connectivity index (χ1n) is 9.68. The molecule has 1 aromatic heterocycles. The summed E-state index contributed by atoms with van der Waals surface area (Å²) in [6.07, 6.45) is 0. The zero-order valence-electron chi connectivity index (χ0n) is 17.8. The molecule has 4 amide bonds. The number of hydrogen-bond donors (Lipinski definition) is 2. The molecule has 2 heterocycles. The molecular weight excluding hydrogens is 431 g/mol. The number of benzene rings is 1. The third-order valence-electron chi connectivity index (χ3n) is 5.50. The molecule has 9 nitrogen and oxygen atoms in total. The van der Waals surface area contributed by atoms with Crippen LogP contribution in [0.4, 0.5) is 18.0 Å². The molecule has 2 N–H and O–H groups in total. The molecule has 2 aromatic rings. The van der Waals surface area contributed by atoms with Gasteiger partial charge in [0, 0.05) is 20.4 Å². The average molecular weight is 453 g/mol. The number of carbonyl (C=O) groups is 3. The summed E-state index contributed by atoms with van der Waals surface area (Å²) in [6, 6.07) is 0.207. The van der Waals surface area contributed by atoms with Crippen molar-refractivity contribution < 1.29 is 32.3 Å². The largest absolute Gasteiger partial charge is 0.711 e. The molecule has 0 bridgehead atoms. The number of hydrogen-bond acceptors (Lipinski definition) is 5. The lowest BCUT2D eigenvalue weighted by molar-refractivity contribution is -0.621. The molecule has 1 aromatic carbocycles. The van der Waals surface area contributed by atoms with Gasteiger partial charge in [-0.2, -0.15) is 0 Å². The van der Waals surface area contributed by atoms with E-state index in [0.29, 0.717) is 29.1 Å². The summed E-state index contributed by atoms with van der Waals surface area (Å²) in [5, 5.41) is 17.0. The van der Waals surface area contributed by atoms with E-state index in [-0.39, 0.29) is 23.6 Å². The van der Waals surface area contributed by atoms with E-state index in [2.05, 4.69) is 0 Å². The maximum atomic E-state index is 14.1. The van der Waals surface area contributed by atoms with Gasteiger partial charge in [0.1, 0.15) is 29.8 Å². The fraction of sp³-hybridized carbons (Fsp3) is 0.400. The molecule has 1 aliphatic rings. The van der Waals surface area contributed by atoms with Gasteiger partial charge in [0.25, 0.3) is 5.82 Å². The lowest BCUT2D eigenvalue weighted by Gasteiger charge is -2.28. The van der Waals surface area contributed by atoms with Crippen LogP contribution in [0.1, 0.15) is 28.7 Å². The van der Waals surface area contributed by atoms with Crippen LogP contribution in [0.25, 0.3) is 0 Å². The first-order valence-corrected chi connectivity index (χ1v) is 9.68. The van der Waals surface area contributed by atoms with E-state index < -0.39 is 47.1 Å². The van der Waals surface area contributed by atoms with Crippen LogP contribution in [-0.2, 0) is 16.1 Å². The minimum atomic E-state index is -1.73. The third kappa shape index (κ3) is 4.05. The molecule has 32 heavy (non-hydrogen) atoms. The van der Waals surface area contributed by atoms with E-state index in [4.69, 9.17) is 0 Å². The zero-order chi connectivity index (χ0) is 23.9. The monoisotopic (exact) mass is 453 g/mol. The quantitative estimate of drug-likeness (QED) is 0.291. The number of likely N-dealkylation sites (N-methyl/N-ethyl adjacent to an activating group) is 1. The lowest BCUT2D eigenvalue weighted by atomic mass is 9.82. The van der Waals surface area contributed by atoms with Crippen molar-refractivity contribution in [2.24, 2.45) is 5.92 Å². The van der Waals surface area contributed by atoms with Crippen molar-refractivity contribution in [3.8, 4) is 0 Å². The summed E-state index contributed by atoms with van der Waals surface area (Å²) in [7, 11) is 3.60. The minimum Gasteiger partial charge on any atom is -0.711 e. The van der Waals surface area contributed by atoms with E-state index >= 15 is 0 Å². The average Bonchev–Trinajstić information content (AvgIpc) is 2.90. The number of amides is 4. The highest BCUT2D eigenvalue weighted by Gasteiger charge is 2.47. The van der Waals surface area contributed by atoms with Gasteiger partial charge in [-0.05, 0) is 31.8 Å². The second-order valence-electron chi connectivity index (χ2n) is 7.84. The van der Waals surface area contributed by atoms with Crippen molar-refractivity contribution in [2.45, 2.75) is 26.3 Å². The predicted octanol–water partition coefficient (Wildman–Crippen LogP) is 0.831. The second kappa shape index (κ2) is 8.61. The van der Waals surface area contributed by atoms with Crippen molar-refractivity contribution >= 4 is 17.8 Å². The summed E-state index contributed by atoms with van der Waals surface area (Å²) < 4.78 is 43.9. The van der Waals surface area contributed by atoms with E-state index in [9.17, 15) is 32.8 Å². The number of imidazole rings is 1. The molecule has 12 heteroatoms. The van der Waals surface area contributed by atoms with Crippen LogP contribution in [0.3, 0.4) is 0 Å². The fourth-order valence-corrected chi connectivity index (χ4v) is 3.75. The first kappa shape index (κ1) is 23.3. The van der Waals surface area contributed by atoms with Crippen LogP contribution >= 0.6 is 0 Å². The van der Waals surface area contributed by atoms with Crippen LogP contribution in [0, 0.1) is 42.4 Å². The van der Waals surface area contributed by atoms with Gasteiger partial charge in [-0.25, -0.2) is 27.3 Å². The molecule has 0 spiro atoms. The highest BCUT2D eigenvalue weighted by Crippen LogP contribution is 2.35. The molecule has 3 rings (SSSR count). The van der Waals surface area contributed by atoms with Crippen LogP contribution in [-0.4, -0.2) is 48.0 Å². The standard InChI is InChI=1S/C20H22F3N5O4/c1-9-10(2)28(32)19(27(9)6-5-26(3)4)14(11-7-12(21)16(23)13(22)8-11)15-17(29)24-20(31)25-18(15)30/h7-8,14-15H,5-6H2,1-4H3,(H2,24,25,29,30,31). The van der Waals surface area contributed by atoms with Crippen LogP contribution in [0.5, 0.6) is 0 Å². The molecular formula is C20H22F3N5O4. The van der Waals surface area contributed by atoms with Gasteiger partial charge in [0.2, 0.25) is 11.8 Å². The topological polar surface area (TPSA) is 110 Å². The number of nitrogens with zero attached hydrogens (tertiary/aromatic N) is 3. The Morgan fingerprint density at radius 2 is 1.62 bits per heavy atom. The fourth-order valence-electron chi connectivity index (χ4n) is 3.75. The number of halogens is 3. The molecule has 0 aliphatic carbocycles. The normalized spacial score (nSPS) is 15.8. The van der Waals surface area contributed by atoms with Gasteiger partial charge in [-0.1, -0.05) is 0 Å². The summed E-state index contributed by atoms with van der Waals surface area (Å²) in [5.41, 5.74) is 0.455. The summed E-state index contributed by atoms with van der Waals surface area (Å²) in [5.74, 6) is -10.3. The number of urea groups is 1. The number of barbiturate groups is 1. The summed E-state index contributed by atoms with van der Waals surface area (Å²) in [6.45, 7) is 3.88. The Hall–Kier alpha value is -3.41. The first-order chi connectivity index (χ1) is 14.9. The van der Waals surface area contributed by atoms with Crippen molar-refractivity contribution in [1.82, 2.24) is 20.1 Å². The number of nitrogens with one attached hydrogen (secondary N) is 2. The lowest BCUT2D eigenvalue weighted by Crippen LogP contribution is -2.58. The predicted molar refractivity (Wildman–Crippen MR) is 105 cm³/mol. The van der Waals surface area contributed by atoms with E-state index in [1.54, 1.807) is 25.6 Å². The molecule has 1 unspecified atom stereocenters. The van der Waals surface area contributed by atoms with Crippen molar-refractivity contribution in [3.63, 3.8) is 0 Å². The highest BCUT2D eigenvalue weighted by atomic mass is 19.2. The zero-order valence-corrected chi connectivity index (χ0v) is 17.8. The summed E-state index contributed by atoms with van der Waals surface area (Å²) >= 11 is 0. The number of rotatable bonds is 6. The van der Waals surface area contributed by atoms with Crippen molar-refractivity contribution in [1.29, 1.82) is 0 Å². The molecule has 172 valence electrons. The van der Waals surface area contributed by atoms with Gasteiger partial charge in [-0.15, -0.1) is 0 Å². The van der Waals surface area contributed by atoms with Crippen LogP contribution < -0.4 is 15.4 Å². The van der Waals surface area contributed by atoms with Gasteiger partial charge in [0.15, 0.2) is 17.5 Å². The molecule has 1 atom stereocenters. The van der Waals surface area contributed by atoms with Crippen molar-refractivity contribution in [3.05, 3.63) is 57.6 Å². The van der Waals surface area contributed by atoms with E-state index in [1.807, 2.05) is 15.5 Å². The maximum absolute atomic E-state index is 14.1. The molecule has 1 fully saturated rings. The Labute approximate surface area is 181 Å². The van der Waals surface area contributed by atoms with Gasteiger partial charge in [-0.3, -0.25) is 20.2 Å². The Balaban J connectivity index is 2.29. The van der Waals surface area contributed by atoms with Crippen LogP contribution in [0.2, 0.25) is 0 Å². The molecule has 0 radical (unpaired) electrons. The number of aromatic nitrogens is 2. The van der Waals surface area contributed by atoms with Gasteiger partial charge < -0.3 is 10.1 Å². The Bertz CT molecular complexity index is 1070. The van der Waals surface area contributed by atoms with Crippen molar-refractivity contribution in [2.75, 3.05) is 20.6 Å². The number of imide groups is 2. The van der Waals surface area contributed by atoms with Gasteiger partial charge in [0.05, 0.1) is 0 Å². The second-order valence-corrected chi connectivity index (χ2v) is 7.84. The molecule has 1 saturated heterocycles. The SMILES string of the molecule is Cc1c(C)[n+]([O-])c(C(c2cc(F)c(F)c(F)c2)C2C(=O)NC(=O)NC2=O)n1CCN(C)C. The summed E-state index contributed by atoms with van der Waals surface area (Å²) in [4.78, 5) is 38.6. The minimum absolute atomic E-state index is 0.142. The smallest absolute Gasteiger partial charge is 0.328 e. The third-order valence-corrected chi connectivity index (χ3v) is 5.50. The molecule has 1 aliphatic heterocycles. The Morgan fingerprint density at radius 3 is 2.12 bits per heavy atom. The van der Waals surface area contributed by atoms with E-state index in [0.717, 1.165) is 0 Å². The Morgan fingerprint density at radius 1 is 1.09 bits per heavy atom. The molecule has 0 saturated carbocycles.